The van der Waals surface area contributed by atoms with Crippen LogP contribution in [-0.4, -0.2) is 17.8 Å². The SMILES string of the molecule is O=S(=O)(NCc1cn2cc(Br)ccc2n1)c1cccs1. The summed E-state index contributed by atoms with van der Waals surface area (Å²) in [6, 6.07) is 7.04. The van der Waals surface area contributed by atoms with Gasteiger partial charge >= 0.3 is 0 Å². The maximum Gasteiger partial charge on any atom is 0.250 e. The molecule has 0 aromatic carbocycles. The first-order chi connectivity index (χ1) is 9.54. The van der Waals surface area contributed by atoms with Gasteiger partial charge in [-0.2, -0.15) is 0 Å². The highest BCUT2D eigenvalue weighted by Crippen LogP contribution is 2.16. The van der Waals surface area contributed by atoms with E-state index in [2.05, 4.69) is 25.6 Å². The molecule has 3 aromatic rings. The minimum Gasteiger partial charge on any atom is -0.306 e. The fourth-order valence-electron chi connectivity index (χ4n) is 1.76. The van der Waals surface area contributed by atoms with Crippen molar-refractivity contribution in [2.24, 2.45) is 0 Å². The number of rotatable bonds is 4. The van der Waals surface area contributed by atoms with E-state index in [0.717, 1.165) is 10.1 Å². The molecule has 8 heteroatoms. The van der Waals surface area contributed by atoms with Crippen molar-refractivity contribution in [3.8, 4) is 0 Å². The number of hydrogen-bond donors (Lipinski definition) is 1. The van der Waals surface area contributed by atoms with Crippen LogP contribution < -0.4 is 4.72 Å². The molecule has 3 heterocycles. The summed E-state index contributed by atoms with van der Waals surface area (Å²) in [5, 5.41) is 1.73. The third-order valence-electron chi connectivity index (χ3n) is 2.67. The van der Waals surface area contributed by atoms with Gasteiger partial charge in [0.05, 0.1) is 12.2 Å². The van der Waals surface area contributed by atoms with Crippen LogP contribution in [0.4, 0.5) is 0 Å². The molecule has 3 aromatic heterocycles. The first-order valence-corrected chi connectivity index (χ1v) is 8.86. The number of thiophene rings is 1. The van der Waals surface area contributed by atoms with E-state index in [1.165, 1.54) is 11.3 Å². The molecule has 0 saturated carbocycles. The predicted octanol–water partition coefficient (Wildman–Crippen LogP) is 2.64. The molecule has 104 valence electrons. The van der Waals surface area contributed by atoms with E-state index in [1.54, 1.807) is 23.7 Å². The van der Waals surface area contributed by atoms with Gasteiger partial charge in [0.2, 0.25) is 10.0 Å². The van der Waals surface area contributed by atoms with Gasteiger partial charge in [-0.25, -0.2) is 18.1 Å². The molecule has 0 atom stereocenters. The Morgan fingerprint density at radius 1 is 1.30 bits per heavy atom. The number of nitrogens with zero attached hydrogens (tertiary/aromatic N) is 2. The van der Waals surface area contributed by atoms with E-state index in [4.69, 9.17) is 0 Å². The number of aromatic nitrogens is 2. The van der Waals surface area contributed by atoms with Crippen molar-refractivity contribution in [3.63, 3.8) is 0 Å². The number of imidazole rings is 1. The second-order valence-corrected chi connectivity index (χ2v) is 7.96. The Morgan fingerprint density at radius 3 is 2.90 bits per heavy atom. The lowest BCUT2D eigenvalue weighted by Crippen LogP contribution is -2.22. The molecule has 0 unspecified atom stereocenters. The number of hydrogen-bond acceptors (Lipinski definition) is 4. The maximum atomic E-state index is 12.0. The number of fused-ring (bicyclic) bond motifs is 1. The maximum absolute atomic E-state index is 12.0. The normalized spacial score (nSPS) is 12.1. The first-order valence-electron chi connectivity index (χ1n) is 5.71. The quantitative estimate of drug-likeness (QED) is 0.766. The molecule has 0 radical (unpaired) electrons. The van der Waals surface area contributed by atoms with Crippen LogP contribution in [0.3, 0.4) is 0 Å². The minimum absolute atomic E-state index is 0.166. The lowest BCUT2D eigenvalue weighted by molar-refractivity contribution is 0.583. The van der Waals surface area contributed by atoms with Crippen molar-refractivity contribution in [3.05, 3.63) is 52.2 Å². The second kappa shape index (κ2) is 5.28. The fourth-order valence-corrected chi connectivity index (χ4v) is 4.15. The molecule has 0 fully saturated rings. The highest BCUT2D eigenvalue weighted by atomic mass is 79.9. The Labute approximate surface area is 128 Å². The molecule has 0 aliphatic rings. The molecule has 5 nitrogen and oxygen atoms in total. The van der Waals surface area contributed by atoms with Crippen LogP contribution in [0.1, 0.15) is 5.69 Å². The van der Waals surface area contributed by atoms with Gasteiger partial charge in [-0.1, -0.05) is 6.07 Å². The zero-order chi connectivity index (χ0) is 14.2. The van der Waals surface area contributed by atoms with Gasteiger partial charge in [-0.05, 0) is 39.5 Å². The van der Waals surface area contributed by atoms with Gasteiger partial charge < -0.3 is 4.40 Å². The summed E-state index contributed by atoms with van der Waals surface area (Å²) in [7, 11) is -3.45. The molecule has 0 spiro atoms. The first kappa shape index (κ1) is 13.7. The summed E-state index contributed by atoms with van der Waals surface area (Å²) in [4.78, 5) is 4.36. The van der Waals surface area contributed by atoms with E-state index in [0.29, 0.717) is 9.90 Å². The second-order valence-electron chi connectivity index (χ2n) is 4.10. The Hall–Kier alpha value is -1.22. The third kappa shape index (κ3) is 2.78. The topological polar surface area (TPSA) is 63.5 Å². The molecular formula is C12H10BrN3O2S2. The van der Waals surface area contributed by atoms with Crippen LogP contribution in [0, 0.1) is 0 Å². The number of nitrogens with one attached hydrogen (secondary N) is 1. The smallest absolute Gasteiger partial charge is 0.250 e. The van der Waals surface area contributed by atoms with E-state index in [9.17, 15) is 8.42 Å². The molecule has 0 aliphatic carbocycles. The van der Waals surface area contributed by atoms with Gasteiger partial charge in [0.25, 0.3) is 0 Å². The Bertz CT molecular complexity index is 841. The van der Waals surface area contributed by atoms with Crippen molar-refractivity contribution in [1.29, 1.82) is 0 Å². The summed E-state index contributed by atoms with van der Waals surface area (Å²) in [5.74, 6) is 0. The van der Waals surface area contributed by atoms with Gasteiger partial charge in [0.15, 0.2) is 0 Å². The zero-order valence-corrected chi connectivity index (χ0v) is 13.4. The minimum atomic E-state index is -3.45. The summed E-state index contributed by atoms with van der Waals surface area (Å²) < 4.78 is 29.6. The summed E-state index contributed by atoms with van der Waals surface area (Å²) in [6.45, 7) is 0.166. The molecule has 0 saturated heterocycles. The Balaban J connectivity index is 1.80. The molecule has 3 rings (SSSR count). The summed E-state index contributed by atoms with van der Waals surface area (Å²) in [6.07, 6.45) is 3.68. The van der Waals surface area contributed by atoms with Crippen LogP contribution in [0.2, 0.25) is 0 Å². The van der Waals surface area contributed by atoms with Crippen LogP contribution >= 0.6 is 27.3 Å². The van der Waals surface area contributed by atoms with Crippen molar-refractivity contribution in [1.82, 2.24) is 14.1 Å². The average Bonchev–Trinajstić information content (AvgIpc) is 3.05. The number of pyridine rings is 1. The summed E-state index contributed by atoms with van der Waals surface area (Å²) >= 11 is 4.57. The largest absolute Gasteiger partial charge is 0.306 e. The molecular weight excluding hydrogens is 362 g/mol. The predicted molar refractivity (Wildman–Crippen MR) is 81.2 cm³/mol. The van der Waals surface area contributed by atoms with Crippen molar-refractivity contribution in [2.45, 2.75) is 10.8 Å². The van der Waals surface area contributed by atoms with Crippen LogP contribution in [0.25, 0.3) is 5.65 Å². The van der Waals surface area contributed by atoms with Gasteiger partial charge in [-0.3, -0.25) is 0 Å². The Morgan fingerprint density at radius 2 is 2.15 bits per heavy atom. The third-order valence-corrected chi connectivity index (χ3v) is 5.94. The van der Waals surface area contributed by atoms with Crippen LogP contribution in [0.15, 0.2) is 50.7 Å². The molecule has 20 heavy (non-hydrogen) atoms. The van der Waals surface area contributed by atoms with Gasteiger partial charge in [0, 0.05) is 16.9 Å². The van der Waals surface area contributed by atoms with Crippen molar-refractivity contribution in [2.75, 3.05) is 0 Å². The van der Waals surface area contributed by atoms with E-state index >= 15 is 0 Å². The fraction of sp³-hybridized carbons (Fsp3) is 0.0833. The summed E-state index contributed by atoms with van der Waals surface area (Å²) in [5.41, 5.74) is 1.45. The average molecular weight is 372 g/mol. The standard InChI is InChI=1S/C12H10BrN3O2S2/c13-9-3-4-11-15-10(8-16(11)7-9)6-14-20(17,18)12-2-1-5-19-12/h1-5,7-8,14H,6H2. The Kier molecular flexibility index (Phi) is 3.63. The number of halogens is 1. The van der Waals surface area contributed by atoms with Crippen LogP contribution in [0.5, 0.6) is 0 Å². The van der Waals surface area contributed by atoms with Crippen LogP contribution in [-0.2, 0) is 16.6 Å². The van der Waals surface area contributed by atoms with Crippen molar-refractivity contribution < 1.29 is 8.42 Å². The van der Waals surface area contributed by atoms with Gasteiger partial charge in [-0.15, -0.1) is 11.3 Å². The molecule has 0 bridgehead atoms. The zero-order valence-electron chi connectivity index (χ0n) is 10.2. The molecule has 0 amide bonds. The van der Waals surface area contributed by atoms with E-state index in [-0.39, 0.29) is 6.54 Å². The van der Waals surface area contributed by atoms with Crippen molar-refractivity contribution >= 4 is 42.9 Å². The van der Waals surface area contributed by atoms with Gasteiger partial charge in [0.1, 0.15) is 9.86 Å². The molecule has 1 N–H and O–H groups in total. The monoisotopic (exact) mass is 371 g/mol. The van der Waals surface area contributed by atoms with E-state index < -0.39 is 10.0 Å². The highest BCUT2D eigenvalue weighted by Gasteiger charge is 2.15. The lowest BCUT2D eigenvalue weighted by atomic mass is 10.5. The molecule has 0 aliphatic heterocycles. The number of sulfonamides is 1. The lowest BCUT2D eigenvalue weighted by Gasteiger charge is -2.01. The highest BCUT2D eigenvalue weighted by molar-refractivity contribution is 9.10. The van der Waals surface area contributed by atoms with E-state index in [1.807, 2.05) is 22.7 Å².